The molecule has 0 saturated carbocycles. The number of H-pyrrole nitrogens is 1. The fourth-order valence-electron chi connectivity index (χ4n) is 2.37. The maximum absolute atomic E-state index is 14.8. The Labute approximate surface area is 142 Å². The van der Waals surface area contributed by atoms with Crippen LogP contribution in [-0.4, -0.2) is 35.7 Å². The van der Waals surface area contributed by atoms with Gasteiger partial charge in [0.2, 0.25) is 0 Å². The van der Waals surface area contributed by atoms with E-state index in [9.17, 15) is 14.0 Å². The van der Waals surface area contributed by atoms with Crippen molar-refractivity contribution in [1.82, 2.24) is 10.1 Å². The Morgan fingerprint density at radius 1 is 1.44 bits per heavy atom. The van der Waals surface area contributed by atoms with E-state index in [4.69, 9.17) is 9.26 Å². The fourth-order valence-corrected chi connectivity index (χ4v) is 2.37. The summed E-state index contributed by atoms with van der Waals surface area (Å²) in [6.07, 6.45) is -0.220. The number of aromatic amines is 1. The van der Waals surface area contributed by atoms with Crippen LogP contribution in [0.2, 0.25) is 0 Å². The molecule has 2 aromatic heterocycles. The van der Waals surface area contributed by atoms with E-state index in [0.717, 1.165) is 15.8 Å². The second-order valence-corrected chi connectivity index (χ2v) is 5.52. The van der Waals surface area contributed by atoms with Gasteiger partial charge in [0.1, 0.15) is 0 Å². The van der Waals surface area contributed by atoms with Crippen LogP contribution in [-0.2, 0) is 14.3 Å². The third-order valence-corrected chi connectivity index (χ3v) is 3.63. The van der Waals surface area contributed by atoms with E-state index < -0.39 is 24.8 Å². The zero-order valence-corrected chi connectivity index (χ0v) is 13.7. The Morgan fingerprint density at radius 2 is 2.24 bits per heavy atom. The van der Waals surface area contributed by atoms with Gasteiger partial charge in [-0.15, -0.1) is 0 Å². The minimum atomic E-state index is -1.95. The molecule has 0 aliphatic heterocycles. The molecule has 0 fully saturated rings. The van der Waals surface area contributed by atoms with Crippen LogP contribution in [0.5, 0.6) is 0 Å². The summed E-state index contributed by atoms with van der Waals surface area (Å²) in [5.74, 6) is -1.51. The van der Waals surface area contributed by atoms with Gasteiger partial charge in [-0.25, -0.2) is 0 Å². The van der Waals surface area contributed by atoms with Gasteiger partial charge in [0, 0.05) is 0 Å². The van der Waals surface area contributed by atoms with Crippen LogP contribution in [0.3, 0.4) is 0 Å². The van der Waals surface area contributed by atoms with Crippen LogP contribution >= 0.6 is 0 Å². The number of esters is 1. The zero-order chi connectivity index (χ0) is 18.0. The van der Waals surface area contributed by atoms with Crippen molar-refractivity contribution in [3.8, 4) is 0 Å². The summed E-state index contributed by atoms with van der Waals surface area (Å²) in [5.41, 5.74) is 1.41. The molecule has 1 aromatic carbocycles. The van der Waals surface area contributed by atoms with Gasteiger partial charge in [-0.1, -0.05) is 0 Å². The summed E-state index contributed by atoms with van der Waals surface area (Å²) in [6.45, 7) is 3.85. The molecule has 3 aromatic rings. The molecule has 3 rings (SSSR count). The molecule has 1 N–H and O–H groups in total. The number of rotatable bonds is 5. The van der Waals surface area contributed by atoms with Gasteiger partial charge in [0.05, 0.1) is 0 Å². The van der Waals surface area contributed by atoms with Crippen molar-refractivity contribution in [2.24, 2.45) is 0 Å². The van der Waals surface area contributed by atoms with Crippen molar-refractivity contribution >= 4 is 35.5 Å². The quantitative estimate of drug-likeness (QED) is 0.568. The molecule has 0 saturated heterocycles. The standard InChI is InChI=1S/C16H15BFN3O4/c1-9-17-16(25-20-9)21(8-24-10(2)22)15(23)14(18)12-4-3-11-5-6-19-13(11)7-12/h3-7,14,19H,8H2,1-2H3. The Morgan fingerprint density at radius 3 is 2.92 bits per heavy atom. The SMILES string of the molecule is CC(=O)OCN(C(=O)C(F)c1ccc2cc[nH]c2c1)c1bc(C)no1. The van der Waals surface area contributed by atoms with E-state index in [1.165, 1.54) is 19.9 Å². The normalized spacial score (nSPS) is 12.0. The third-order valence-electron chi connectivity index (χ3n) is 3.63. The first kappa shape index (κ1) is 16.9. The van der Waals surface area contributed by atoms with E-state index in [1.54, 1.807) is 25.3 Å². The maximum atomic E-state index is 14.8. The monoisotopic (exact) mass is 343 g/mol. The Balaban J connectivity index is 1.88. The Bertz CT molecular complexity index is 923. The van der Waals surface area contributed by atoms with E-state index in [0.29, 0.717) is 5.59 Å². The molecule has 1 atom stereocenters. The summed E-state index contributed by atoms with van der Waals surface area (Å²) in [6, 6.07) is 6.66. The number of nitrogens with one attached hydrogen (secondary N) is 1. The molecule has 0 aliphatic rings. The first-order valence-electron chi connectivity index (χ1n) is 7.55. The van der Waals surface area contributed by atoms with E-state index in [2.05, 4.69) is 10.1 Å². The summed E-state index contributed by atoms with van der Waals surface area (Å²) in [4.78, 5) is 27.5. The van der Waals surface area contributed by atoms with Gasteiger partial charge in [0.25, 0.3) is 0 Å². The number of alkyl halides is 1. The Kier molecular flexibility index (Phi) is 4.64. The third kappa shape index (κ3) is 3.60. The summed E-state index contributed by atoms with van der Waals surface area (Å²) >= 11 is 0. The minimum absolute atomic E-state index is 0.00681. The molecule has 25 heavy (non-hydrogen) atoms. The number of halogens is 1. The number of hydrogen-bond acceptors (Lipinski definition) is 5. The van der Waals surface area contributed by atoms with Crippen LogP contribution in [0.4, 0.5) is 10.2 Å². The van der Waals surface area contributed by atoms with Crippen molar-refractivity contribution in [2.45, 2.75) is 20.0 Å². The number of carbonyl (C=O) groups is 2. The topological polar surface area (TPSA) is 88.4 Å². The van der Waals surface area contributed by atoms with E-state index in [-0.39, 0.29) is 11.3 Å². The van der Waals surface area contributed by atoms with Gasteiger partial charge in [-0.2, -0.15) is 0 Å². The summed E-state index contributed by atoms with van der Waals surface area (Å²) in [5, 5.41) is 4.58. The van der Waals surface area contributed by atoms with Crippen molar-refractivity contribution in [1.29, 1.82) is 0 Å². The summed E-state index contributed by atoms with van der Waals surface area (Å²) in [7, 11) is 0. The van der Waals surface area contributed by atoms with Crippen LogP contribution in [0.25, 0.3) is 10.9 Å². The van der Waals surface area contributed by atoms with Gasteiger partial charge < -0.3 is 0 Å². The number of aryl methyl sites for hydroxylation is 1. The molecule has 0 aliphatic carbocycles. The molecule has 0 bridgehead atoms. The average Bonchev–Trinajstić information content (AvgIpc) is 3.22. The van der Waals surface area contributed by atoms with Gasteiger partial charge in [0.15, 0.2) is 0 Å². The van der Waals surface area contributed by atoms with Crippen LogP contribution in [0, 0.1) is 6.92 Å². The molecule has 0 spiro atoms. The number of benzene rings is 1. The van der Waals surface area contributed by atoms with Gasteiger partial charge >= 0.3 is 142 Å². The van der Waals surface area contributed by atoms with Crippen LogP contribution in [0.15, 0.2) is 35.0 Å². The molecule has 1 unspecified atom stereocenters. The molecule has 0 radical (unpaired) electrons. The van der Waals surface area contributed by atoms with Gasteiger partial charge in [-0.3, -0.25) is 0 Å². The second-order valence-electron chi connectivity index (χ2n) is 5.52. The molecule has 2 heterocycles. The number of fused-ring (bicyclic) bond motifs is 1. The van der Waals surface area contributed by atoms with Crippen molar-refractivity contribution in [2.75, 3.05) is 11.6 Å². The van der Waals surface area contributed by atoms with Gasteiger partial charge in [-0.05, 0) is 0 Å². The molecule has 9 heteroatoms. The van der Waals surface area contributed by atoms with E-state index >= 15 is 0 Å². The number of nitrogens with zero attached hydrogens (tertiary/aromatic N) is 2. The number of carbonyl (C=O) groups excluding carboxylic acids is 2. The molecular formula is C16H15BFN3O4. The Hall–Kier alpha value is -2.97. The zero-order valence-electron chi connectivity index (χ0n) is 13.7. The fraction of sp³-hybridized carbons (Fsp3) is 0.250. The molecule has 7 nitrogen and oxygen atoms in total. The predicted molar refractivity (Wildman–Crippen MR) is 88.9 cm³/mol. The second kappa shape index (κ2) is 6.88. The van der Waals surface area contributed by atoms with E-state index in [1.807, 2.05) is 6.07 Å². The number of ether oxygens (including phenoxy) is 1. The van der Waals surface area contributed by atoms with Crippen molar-refractivity contribution < 1.29 is 23.2 Å². The first-order chi connectivity index (χ1) is 12.0. The van der Waals surface area contributed by atoms with Crippen LogP contribution < -0.4 is 4.90 Å². The van der Waals surface area contributed by atoms with Crippen molar-refractivity contribution in [3.63, 3.8) is 0 Å². The predicted octanol–water partition coefficient (Wildman–Crippen LogP) is 2.37. The number of amides is 1. The first-order valence-corrected chi connectivity index (χ1v) is 7.55. The average molecular weight is 343 g/mol. The van der Waals surface area contributed by atoms with Crippen LogP contribution in [0.1, 0.15) is 24.2 Å². The molecular weight excluding hydrogens is 328 g/mol. The molecule has 128 valence electrons. The number of aromatic nitrogens is 2. The summed E-state index contributed by atoms with van der Waals surface area (Å²) < 4.78 is 24.7. The van der Waals surface area contributed by atoms with Crippen molar-refractivity contribution in [3.05, 3.63) is 41.6 Å². The molecule has 1 amide bonds. The number of hydrogen-bond donors (Lipinski definition) is 1. The number of anilines is 1.